The molecule has 19 heavy (non-hydrogen) atoms. The lowest BCUT2D eigenvalue weighted by atomic mass is 9.92. The third-order valence-electron chi connectivity index (χ3n) is 3.46. The summed E-state index contributed by atoms with van der Waals surface area (Å²) in [6.07, 6.45) is 3.64. The highest BCUT2D eigenvalue weighted by molar-refractivity contribution is 6.30. The van der Waals surface area contributed by atoms with E-state index in [1.54, 1.807) is 4.68 Å². The third kappa shape index (κ3) is 4.48. The molecule has 0 fully saturated rings. The second kappa shape index (κ2) is 7.27. The second-order valence-electron chi connectivity index (χ2n) is 5.31. The molecule has 0 aliphatic rings. The highest BCUT2D eigenvalue weighted by Gasteiger charge is 2.24. The number of hydrogen-bond acceptors (Lipinski definition) is 3. The molecule has 0 saturated heterocycles. The Balaban J connectivity index is 2.56. The van der Waals surface area contributed by atoms with E-state index in [2.05, 4.69) is 24.3 Å². The molecular formula is C14H26ClN3O. The van der Waals surface area contributed by atoms with E-state index in [-0.39, 0.29) is 0 Å². The fraction of sp³-hybridized carbons (Fsp3) is 0.786. The Morgan fingerprint density at radius 2 is 1.89 bits per heavy atom. The smallest absolute Gasteiger partial charge is 0.131 e. The Bertz CT molecular complexity index is 398. The van der Waals surface area contributed by atoms with Gasteiger partial charge in [-0.25, -0.2) is 0 Å². The predicted molar refractivity (Wildman–Crippen MR) is 79.4 cm³/mol. The standard InChI is InChI=1S/C14H26ClN3O/c1-5-7-14(19,8-6-2)10-16-9-12-11(3)17-18(4)13(12)15/h16,19H,5-10H2,1-4H3. The summed E-state index contributed by atoms with van der Waals surface area (Å²) in [7, 11) is 1.84. The number of aromatic nitrogens is 2. The molecule has 0 amide bonds. The lowest BCUT2D eigenvalue weighted by Crippen LogP contribution is -2.40. The molecule has 2 N–H and O–H groups in total. The van der Waals surface area contributed by atoms with Crippen molar-refractivity contribution >= 4 is 11.6 Å². The van der Waals surface area contributed by atoms with Gasteiger partial charge >= 0.3 is 0 Å². The average molecular weight is 288 g/mol. The quantitative estimate of drug-likeness (QED) is 0.773. The fourth-order valence-electron chi connectivity index (χ4n) is 2.53. The highest BCUT2D eigenvalue weighted by Crippen LogP contribution is 2.21. The van der Waals surface area contributed by atoms with Gasteiger partial charge in [0, 0.05) is 25.7 Å². The first-order chi connectivity index (χ1) is 8.93. The number of nitrogens with zero attached hydrogens (tertiary/aromatic N) is 2. The summed E-state index contributed by atoms with van der Waals surface area (Å²) in [6, 6.07) is 0. The van der Waals surface area contributed by atoms with Gasteiger partial charge in [0.25, 0.3) is 0 Å². The van der Waals surface area contributed by atoms with Crippen LogP contribution in [-0.2, 0) is 13.6 Å². The van der Waals surface area contributed by atoms with Gasteiger partial charge in [0.05, 0.1) is 11.3 Å². The predicted octanol–water partition coefficient (Wildman–Crippen LogP) is 2.80. The van der Waals surface area contributed by atoms with E-state index in [4.69, 9.17) is 11.6 Å². The number of rotatable bonds is 8. The lowest BCUT2D eigenvalue weighted by molar-refractivity contribution is 0.0215. The first kappa shape index (κ1) is 16.5. The Morgan fingerprint density at radius 1 is 1.32 bits per heavy atom. The topological polar surface area (TPSA) is 50.1 Å². The van der Waals surface area contributed by atoms with Crippen molar-refractivity contribution < 1.29 is 5.11 Å². The summed E-state index contributed by atoms with van der Waals surface area (Å²) in [4.78, 5) is 0. The summed E-state index contributed by atoms with van der Waals surface area (Å²) < 4.78 is 1.68. The van der Waals surface area contributed by atoms with Crippen molar-refractivity contribution in [1.82, 2.24) is 15.1 Å². The molecular weight excluding hydrogens is 262 g/mol. The zero-order valence-electron chi connectivity index (χ0n) is 12.5. The van der Waals surface area contributed by atoms with Crippen LogP contribution in [0.5, 0.6) is 0 Å². The second-order valence-corrected chi connectivity index (χ2v) is 5.66. The van der Waals surface area contributed by atoms with Crippen LogP contribution in [0.2, 0.25) is 5.15 Å². The normalized spacial score (nSPS) is 12.1. The molecule has 1 aromatic rings. The van der Waals surface area contributed by atoms with Crippen LogP contribution >= 0.6 is 11.6 Å². The van der Waals surface area contributed by atoms with E-state index in [1.165, 1.54) is 0 Å². The molecule has 1 aromatic heterocycles. The van der Waals surface area contributed by atoms with E-state index in [1.807, 2.05) is 14.0 Å². The molecule has 0 aromatic carbocycles. The molecule has 110 valence electrons. The molecule has 0 aliphatic carbocycles. The van der Waals surface area contributed by atoms with Gasteiger partial charge in [0.1, 0.15) is 5.15 Å². The van der Waals surface area contributed by atoms with Crippen LogP contribution < -0.4 is 5.32 Å². The minimum absolute atomic E-state index is 0.597. The van der Waals surface area contributed by atoms with Crippen LogP contribution in [0.25, 0.3) is 0 Å². The Morgan fingerprint density at radius 3 is 2.32 bits per heavy atom. The van der Waals surface area contributed by atoms with Crippen molar-refractivity contribution in [3.8, 4) is 0 Å². The molecule has 0 atom stereocenters. The molecule has 1 heterocycles. The van der Waals surface area contributed by atoms with Crippen LogP contribution in [-0.4, -0.2) is 27.0 Å². The molecule has 0 unspecified atom stereocenters. The minimum Gasteiger partial charge on any atom is -0.389 e. The first-order valence-electron chi connectivity index (χ1n) is 7.04. The zero-order valence-corrected chi connectivity index (χ0v) is 13.2. The van der Waals surface area contributed by atoms with Crippen LogP contribution in [0.4, 0.5) is 0 Å². The summed E-state index contributed by atoms with van der Waals surface area (Å²) in [5.41, 5.74) is 1.35. The fourth-order valence-corrected chi connectivity index (χ4v) is 2.77. The Hall–Kier alpha value is -0.580. The summed E-state index contributed by atoms with van der Waals surface area (Å²) in [6.45, 7) is 7.40. The average Bonchev–Trinajstić information content (AvgIpc) is 2.56. The molecule has 0 aliphatic heterocycles. The number of hydrogen-bond donors (Lipinski definition) is 2. The first-order valence-corrected chi connectivity index (χ1v) is 7.42. The van der Waals surface area contributed by atoms with E-state index < -0.39 is 5.60 Å². The number of aryl methyl sites for hydroxylation is 2. The molecule has 0 radical (unpaired) electrons. The highest BCUT2D eigenvalue weighted by atomic mass is 35.5. The number of aliphatic hydroxyl groups is 1. The van der Waals surface area contributed by atoms with Crippen LogP contribution in [0.15, 0.2) is 0 Å². The minimum atomic E-state index is -0.605. The maximum atomic E-state index is 10.5. The maximum absolute atomic E-state index is 10.5. The maximum Gasteiger partial charge on any atom is 0.131 e. The van der Waals surface area contributed by atoms with Crippen molar-refractivity contribution in [2.75, 3.05) is 6.54 Å². The third-order valence-corrected chi connectivity index (χ3v) is 3.93. The van der Waals surface area contributed by atoms with Gasteiger partial charge in [-0.3, -0.25) is 4.68 Å². The van der Waals surface area contributed by atoms with Crippen molar-refractivity contribution in [3.63, 3.8) is 0 Å². The molecule has 5 heteroatoms. The zero-order chi connectivity index (χ0) is 14.5. The van der Waals surface area contributed by atoms with Crippen LogP contribution in [0.1, 0.15) is 50.8 Å². The molecule has 0 spiro atoms. The molecule has 4 nitrogen and oxygen atoms in total. The summed E-state index contributed by atoms with van der Waals surface area (Å²) >= 11 is 6.18. The van der Waals surface area contributed by atoms with Crippen molar-refractivity contribution in [2.45, 2.75) is 58.6 Å². The van der Waals surface area contributed by atoms with Crippen molar-refractivity contribution in [2.24, 2.45) is 7.05 Å². The van der Waals surface area contributed by atoms with Gasteiger partial charge in [-0.15, -0.1) is 0 Å². The number of halogens is 1. The van der Waals surface area contributed by atoms with E-state index >= 15 is 0 Å². The van der Waals surface area contributed by atoms with Gasteiger partial charge in [-0.1, -0.05) is 38.3 Å². The summed E-state index contributed by atoms with van der Waals surface area (Å²) in [5, 5.41) is 18.8. The SMILES string of the molecule is CCCC(O)(CCC)CNCc1c(C)nn(C)c1Cl. The molecule has 0 saturated carbocycles. The van der Waals surface area contributed by atoms with Gasteiger partial charge in [0.15, 0.2) is 0 Å². The van der Waals surface area contributed by atoms with E-state index in [0.717, 1.165) is 36.9 Å². The monoisotopic (exact) mass is 287 g/mol. The number of nitrogens with one attached hydrogen (secondary N) is 1. The van der Waals surface area contributed by atoms with Crippen LogP contribution in [0.3, 0.4) is 0 Å². The Labute approximate surface area is 121 Å². The largest absolute Gasteiger partial charge is 0.389 e. The van der Waals surface area contributed by atoms with Gasteiger partial charge in [-0.05, 0) is 19.8 Å². The van der Waals surface area contributed by atoms with Crippen molar-refractivity contribution in [1.29, 1.82) is 0 Å². The lowest BCUT2D eigenvalue weighted by Gasteiger charge is -2.28. The summed E-state index contributed by atoms with van der Waals surface area (Å²) in [5.74, 6) is 0. The Kier molecular flexibility index (Phi) is 6.30. The van der Waals surface area contributed by atoms with Gasteiger partial charge in [-0.2, -0.15) is 5.10 Å². The van der Waals surface area contributed by atoms with Crippen LogP contribution in [0, 0.1) is 6.92 Å². The van der Waals surface area contributed by atoms with E-state index in [0.29, 0.717) is 18.2 Å². The van der Waals surface area contributed by atoms with E-state index in [9.17, 15) is 5.11 Å². The molecule has 1 rings (SSSR count). The molecule has 0 bridgehead atoms. The van der Waals surface area contributed by atoms with Gasteiger partial charge in [0.2, 0.25) is 0 Å². The van der Waals surface area contributed by atoms with Crippen molar-refractivity contribution in [3.05, 3.63) is 16.4 Å². The van der Waals surface area contributed by atoms with Gasteiger partial charge < -0.3 is 10.4 Å².